The smallest absolute Gasteiger partial charge is 0.317 e. The highest BCUT2D eigenvalue weighted by Crippen LogP contribution is 2.23. The molecule has 0 saturated carbocycles. The molecular formula is C26H39N5O5. The molecule has 0 aliphatic carbocycles. The lowest BCUT2D eigenvalue weighted by atomic mass is 10.0. The average Bonchev–Trinajstić information content (AvgIpc) is 3.22. The average molecular weight is 502 g/mol. The van der Waals surface area contributed by atoms with Crippen LogP contribution in [0.1, 0.15) is 52.2 Å². The molecule has 1 aromatic carbocycles. The molecule has 10 heteroatoms. The summed E-state index contributed by atoms with van der Waals surface area (Å²) in [6.45, 7) is 11.5. The Balaban J connectivity index is 0.000000391. The van der Waals surface area contributed by atoms with Crippen molar-refractivity contribution in [2.45, 2.75) is 52.7 Å². The molecule has 36 heavy (non-hydrogen) atoms. The number of hydrogen-bond donors (Lipinski definition) is 4. The Morgan fingerprint density at radius 2 is 2.03 bits per heavy atom. The molecule has 198 valence electrons. The highest BCUT2D eigenvalue weighted by atomic mass is 16.5. The lowest BCUT2D eigenvalue weighted by Crippen LogP contribution is -2.34. The first-order valence-electron chi connectivity index (χ1n) is 11.9. The number of amides is 1. The lowest BCUT2D eigenvalue weighted by Gasteiger charge is -2.22. The van der Waals surface area contributed by atoms with E-state index >= 15 is 0 Å². The van der Waals surface area contributed by atoms with E-state index in [0.717, 1.165) is 19.5 Å². The number of aliphatic carboxylic acids is 1. The molecule has 2 aromatic rings. The quantitative estimate of drug-likeness (QED) is 0.231. The zero-order valence-corrected chi connectivity index (χ0v) is 22.0. The highest BCUT2D eigenvalue weighted by molar-refractivity contribution is 6.14. The molecule has 0 spiro atoms. The molecule has 1 amide bonds. The monoisotopic (exact) mass is 501 g/mol. The van der Waals surface area contributed by atoms with Gasteiger partial charge in [-0.3, -0.25) is 19.9 Å². The van der Waals surface area contributed by atoms with Crippen LogP contribution in [0.15, 0.2) is 36.5 Å². The Kier molecular flexibility index (Phi) is 12.5. The van der Waals surface area contributed by atoms with Crippen LogP contribution in [-0.4, -0.2) is 71.5 Å². The van der Waals surface area contributed by atoms with Crippen molar-refractivity contribution in [3.8, 4) is 5.88 Å². The molecule has 1 fully saturated rings. The normalized spacial score (nSPS) is 16.8. The van der Waals surface area contributed by atoms with Crippen LogP contribution in [0.3, 0.4) is 0 Å². The third kappa shape index (κ3) is 9.63. The molecule has 2 heterocycles. The van der Waals surface area contributed by atoms with E-state index in [9.17, 15) is 9.59 Å². The number of carbonyl (C=O) groups is 2. The minimum atomic E-state index is -0.768. The van der Waals surface area contributed by atoms with Gasteiger partial charge in [0.15, 0.2) is 0 Å². The number of anilines is 2. The van der Waals surface area contributed by atoms with Crippen LogP contribution in [0.2, 0.25) is 0 Å². The molecular weight excluding hydrogens is 462 g/mol. The summed E-state index contributed by atoms with van der Waals surface area (Å²) in [5.41, 5.74) is 8.20. The number of ether oxygens (including phenoxy) is 2. The van der Waals surface area contributed by atoms with Gasteiger partial charge in [0.1, 0.15) is 0 Å². The molecule has 1 saturated heterocycles. The molecule has 1 aliphatic heterocycles. The molecule has 0 radical (unpaired) electrons. The summed E-state index contributed by atoms with van der Waals surface area (Å²) in [4.78, 5) is 27.0. The molecule has 1 aromatic heterocycles. The van der Waals surface area contributed by atoms with Crippen LogP contribution in [0.4, 0.5) is 11.4 Å². The second-order valence-electron chi connectivity index (χ2n) is 8.50. The van der Waals surface area contributed by atoms with Crippen molar-refractivity contribution >= 4 is 29.5 Å². The topological polar surface area (TPSA) is 151 Å². The van der Waals surface area contributed by atoms with Gasteiger partial charge in [-0.25, -0.2) is 4.98 Å². The summed E-state index contributed by atoms with van der Waals surface area (Å²) in [5, 5.41) is 19.4. The first-order valence-corrected chi connectivity index (χ1v) is 11.9. The molecule has 10 nitrogen and oxygen atoms in total. The Labute approximate surface area is 213 Å². The van der Waals surface area contributed by atoms with Crippen molar-refractivity contribution < 1.29 is 24.2 Å². The molecule has 5 N–H and O–H groups in total. The minimum Gasteiger partial charge on any atom is -0.480 e. The Morgan fingerprint density at radius 3 is 2.53 bits per heavy atom. The summed E-state index contributed by atoms with van der Waals surface area (Å²) in [6, 6.07) is 8.46. The van der Waals surface area contributed by atoms with Gasteiger partial charge in [0.05, 0.1) is 24.0 Å². The molecule has 1 atom stereocenters. The van der Waals surface area contributed by atoms with Crippen LogP contribution in [0.5, 0.6) is 5.88 Å². The van der Waals surface area contributed by atoms with Gasteiger partial charge in [0.25, 0.3) is 0 Å². The number of rotatable bonds is 9. The van der Waals surface area contributed by atoms with Crippen LogP contribution < -0.4 is 15.8 Å². The van der Waals surface area contributed by atoms with Gasteiger partial charge in [-0.15, -0.1) is 0 Å². The summed E-state index contributed by atoms with van der Waals surface area (Å²) in [6.07, 6.45) is 3.11. The van der Waals surface area contributed by atoms with Gasteiger partial charge in [-0.2, -0.15) is 0 Å². The number of hydrogen-bond acceptors (Lipinski definition) is 8. The summed E-state index contributed by atoms with van der Waals surface area (Å²) in [7, 11) is 1.67. The Bertz CT molecular complexity index is 997. The number of benzene rings is 1. The van der Waals surface area contributed by atoms with Crippen molar-refractivity contribution in [2.24, 2.45) is 0 Å². The minimum absolute atomic E-state index is 0.0412. The summed E-state index contributed by atoms with van der Waals surface area (Å²) >= 11 is 0. The standard InChI is InChI=1S/C16H18N4O2.C8H15NO3.C2H6/c1-10(2)22-15-6-3-11(8-19-15)16(18)13-7-12(20-9-21)4-5-14(13)17;1-8(12-2)3-4-9(6-8)5-7(10)11;1-2/h3-10,18H,17H2,1-2H3,(H,20,21);3-6H2,1-2H3,(H,10,11);1-2H3/t;8-;/m.0./s1. The van der Waals surface area contributed by atoms with Gasteiger partial charge < -0.3 is 25.6 Å². The third-order valence-corrected chi connectivity index (χ3v) is 5.30. The van der Waals surface area contributed by atoms with Crippen LogP contribution >= 0.6 is 0 Å². The van der Waals surface area contributed by atoms with E-state index in [2.05, 4.69) is 10.3 Å². The van der Waals surface area contributed by atoms with Crippen LogP contribution in [0.25, 0.3) is 0 Å². The number of nitrogens with one attached hydrogen (secondary N) is 2. The number of aromatic nitrogens is 1. The number of nitrogen functional groups attached to an aromatic ring is 1. The second kappa shape index (κ2) is 14.8. The molecule has 3 rings (SSSR count). The van der Waals surface area contributed by atoms with E-state index in [0.29, 0.717) is 34.8 Å². The fraction of sp³-hybridized carbons (Fsp3) is 0.462. The highest BCUT2D eigenvalue weighted by Gasteiger charge is 2.34. The number of likely N-dealkylation sites (tertiary alicyclic amines) is 1. The van der Waals surface area contributed by atoms with E-state index in [1.165, 1.54) is 0 Å². The van der Waals surface area contributed by atoms with Crippen molar-refractivity contribution in [2.75, 3.05) is 37.8 Å². The summed E-state index contributed by atoms with van der Waals surface area (Å²) in [5.74, 6) is -0.258. The number of carboxylic acid groups (broad SMARTS) is 1. The molecule has 0 bridgehead atoms. The van der Waals surface area contributed by atoms with Gasteiger partial charge in [-0.05, 0) is 51.5 Å². The Morgan fingerprint density at radius 1 is 1.33 bits per heavy atom. The van der Waals surface area contributed by atoms with Crippen LogP contribution in [-0.2, 0) is 14.3 Å². The van der Waals surface area contributed by atoms with E-state index < -0.39 is 5.97 Å². The zero-order valence-electron chi connectivity index (χ0n) is 22.0. The second-order valence-corrected chi connectivity index (χ2v) is 8.50. The molecule has 0 unspecified atom stereocenters. The van der Waals surface area contributed by atoms with Gasteiger partial charge in [-0.1, -0.05) is 13.8 Å². The number of methoxy groups -OCH3 is 1. The lowest BCUT2D eigenvalue weighted by molar-refractivity contribution is -0.138. The number of carbonyl (C=O) groups excluding carboxylic acids is 1. The predicted octanol–water partition coefficient (Wildman–Crippen LogP) is 3.64. The first kappa shape index (κ1) is 30.5. The fourth-order valence-corrected chi connectivity index (χ4v) is 3.44. The predicted molar refractivity (Wildman–Crippen MR) is 142 cm³/mol. The first-order chi connectivity index (χ1) is 17.1. The van der Waals surface area contributed by atoms with E-state index in [4.69, 9.17) is 25.7 Å². The van der Waals surface area contributed by atoms with Gasteiger partial charge in [0.2, 0.25) is 12.3 Å². The number of nitrogens with two attached hydrogens (primary N) is 1. The molecule has 1 aliphatic rings. The van der Waals surface area contributed by atoms with E-state index in [1.807, 2.05) is 39.5 Å². The maximum Gasteiger partial charge on any atom is 0.317 e. The van der Waals surface area contributed by atoms with Crippen molar-refractivity contribution in [3.63, 3.8) is 0 Å². The fourth-order valence-electron chi connectivity index (χ4n) is 3.44. The van der Waals surface area contributed by atoms with E-state index in [1.54, 1.807) is 43.6 Å². The number of carboxylic acids is 1. The van der Waals surface area contributed by atoms with E-state index in [-0.39, 0.29) is 24.0 Å². The largest absolute Gasteiger partial charge is 0.480 e. The van der Waals surface area contributed by atoms with Crippen molar-refractivity contribution in [1.82, 2.24) is 9.88 Å². The number of pyridine rings is 1. The number of nitrogens with zero attached hydrogens (tertiary/aromatic N) is 2. The zero-order chi connectivity index (χ0) is 27.3. The Hall–Kier alpha value is -3.50. The third-order valence-electron chi connectivity index (χ3n) is 5.30. The maximum absolute atomic E-state index is 10.5. The SMILES string of the molecule is CC.CC(C)Oc1ccc(C(=N)c2cc(NC=O)ccc2N)cn1.CO[C@@]1(C)CCN(CC(=O)O)C1. The van der Waals surface area contributed by atoms with Gasteiger partial charge >= 0.3 is 5.97 Å². The van der Waals surface area contributed by atoms with Crippen LogP contribution in [0, 0.1) is 5.41 Å². The van der Waals surface area contributed by atoms with Crippen molar-refractivity contribution in [1.29, 1.82) is 5.41 Å². The maximum atomic E-state index is 10.5. The van der Waals surface area contributed by atoms with Crippen molar-refractivity contribution in [3.05, 3.63) is 47.7 Å². The summed E-state index contributed by atoms with van der Waals surface area (Å²) < 4.78 is 10.8. The van der Waals surface area contributed by atoms with Gasteiger partial charge in [0, 0.05) is 55.0 Å².